The highest BCUT2D eigenvalue weighted by Gasteiger charge is 2.26. The number of nitrogens with zero attached hydrogens (tertiary/aromatic N) is 3. The molecule has 0 aliphatic heterocycles. The van der Waals surface area contributed by atoms with Gasteiger partial charge in [0.15, 0.2) is 5.13 Å². The number of hydrogen-bond donors (Lipinski definition) is 0. The van der Waals surface area contributed by atoms with E-state index < -0.39 is 10.0 Å². The number of anilines is 1. The topological polar surface area (TPSA) is 83.7 Å². The fourth-order valence-corrected chi connectivity index (χ4v) is 6.62. The smallest absolute Gasteiger partial charge is 0.260 e. The second-order valence-electron chi connectivity index (χ2n) is 8.77. The van der Waals surface area contributed by atoms with E-state index in [-0.39, 0.29) is 17.3 Å². The molecule has 0 aliphatic rings. The molecule has 0 aliphatic carbocycles. The summed E-state index contributed by atoms with van der Waals surface area (Å²) in [5.41, 5.74) is 3.44. The van der Waals surface area contributed by atoms with E-state index >= 15 is 0 Å². The Morgan fingerprint density at radius 3 is 2.47 bits per heavy atom. The predicted octanol–water partition coefficient (Wildman–Crippen LogP) is 6.16. The molecule has 9 heteroatoms. The van der Waals surface area contributed by atoms with E-state index in [0.29, 0.717) is 29.5 Å². The first-order chi connectivity index (χ1) is 17.2. The maximum atomic E-state index is 13.7. The maximum Gasteiger partial charge on any atom is 0.260 e. The summed E-state index contributed by atoms with van der Waals surface area (Å²) >= 11 is 1.46. The number of sulfonamides is 1. The van der Waals surface area contributed by atoms with Gasteiger partial charge in [-0.1, -0.05) is 37.7 Å². The van der Waals surface area contributed by atoms with E-state index in [1.54, 1.807) is 29.4 Å². The minimum absolute atomic E-state index is 0.181. The van der Waals surface area contributed by atoms with Crippen molar-refractivity contribution in [3.63, 3.8) is 0 Å². The second kappa shape index (κ2) is 10.9. The Morgan fingerprint density at radius 2 is 1.83 bits per heavy atom. The summed E-state index contributed by atoms with van der Waals surface area (Å²) in [6.07, 6.45) is 3.28. The molecule has 4 rings (SSSR count). The molecule has 7 nitrogen and oxygen atoms in total. The molecule has 0 N–H and O–H groups in total. The number of furan rings is 1. The molecule has 36 heavy (non-hydrogen) atoms. The Hall–Kier alpha value is -3.01. The molecule has 190 valence electrons. The zero-order valence-corrected chi connectivity index (χ0v) is 22.7. The van der Waals surface area contributed by atoms with Gasteiger partial charge in [0.05, 0.1) is 27.9 Å². The average Bonchev–Trinajstić information content (AvgIpc) is 3.52. The highest BCUT2D eigenvalue weighted by Crippen LogP contribution is 2.34. The van der Waals surface area contributed by atoms with Crippen LogP contribution in [0.25, 0.3) is 10.2 Å². The summed E-state index contributed by atoms with van der Waals surface area (Å²) in [6.45, 7) is 9.01. The lowest BCUT2D eigenvalue weighted by Gasteiger charge is -2.21. The Kier molecular flexibility index (Phi) is 7.92. The number of carbonyl (C=O) groups excluding carboxylic acids is 1. The van der Waals surface area contributed by atoms with Crippen molar-refractivity contribution in [3.05, 3.63) is 77.2 Å². The van der Waals surface area contributed by atoms with Gasteiger partial charge in [-0.05, 0) is 73.9 Å². The number of amides is 1. The first-order valence-corrected chi connectivity index (χ1v) is 14.3. The number of unbranched alkanes of at least 4 members (excludes halogenated alkanes) is 1. The van der Waals surface area contributed by atoms with Crippen LogP contribution in [0.15, 0.2) is 64.1 Å². The minimum Gasteiger partial charge on any atom is -0.467 e. The molecule has 2 aromatic carbocycles. The van der Waals surface area contributed by atoms with Gasteiger partial charge in [0.25, 0.3) is 5.91 Å². The van der Waals surface area contributed by atoms with Crippen LogP contribution in [0.1, 0.15) is 53.9 Å². The third-order valence-corrected chi connectivity index (χ3v) is 9.25. The fourth-order valence-electron chi connectivity index (χ4n) is 4.12. The van der Waals surface area contributed by atoms with E-state index in [4.69, 9.17) is 9.40 Å². The molecule has 2 aromatic heterocycles. The monoisotopic (exact) mass is 525 g/mol. The van der Waals surface area contributed by atoms with Crippen molar-refractivity contribution in [2.75, 3.05) is 18.0 Å². The van der Waals surface area contributed by atoms with Crippen molar-refractivity contribution in [2.45, 2.75) is 52.0 Å². The van der Waals surface area contributed by atoms with Crippen molar-refractivity contribution >= 4 is 42.6 Å². The van der Waals surface area contributed by atoms with Crippen molar-refractivity contribution < 1.29 is 17.6 Å². The molecule has 2 heterocycles. The van der Waals surface area contributed by atoms with E-state index in [0.717, 1.165) is 34.2 Å². The number of fused-ring (bicyclic) bond motifs is 1. The average molecular weight is 526 g/mol. The summed E-state index contributed by atoms with van der Waals surface area (Å²) in [6, 6.07) is 13.9. The van der Waals surface area contributed by atoms with Crippen LogP contribution in [0.4, 0.5) is 5.13 Å². The molecule has 4 aromatic rings. The van der Waals surface area contributed by atoms with E-state index in [2.05, 4.69) is 6.07 Å². The van der Waals surface area contributed by atoms with Crippen LogP contribution in [0.2, 0.25) is 0 Å². The summed E-state index contributed by atoms with van der Waals surface area (Å²) in [5.74, 6) is 0.353. The van der Waals surface area contributed by atoms with E-state index in [9.17, 15) is 13.2 Å². The van der Waals surface area contributed by atoms with E-state index in [1.807, 2.05) is 39.8 Å². The van der Waals surface area contributed by atoms with Gasteiger partial charge in [-0.3, -0.25) is 9.69 Å². The van der Waals surface area contributed by atoms with Gasteiger partial charge >= 0.3 is 0 Å². The fraction of sp³-hybridized carbons (Fsp3) is 0.333. The minimum atomic E-state index is -3.62. The zero-order chi connectivity index (χ0) is 25.9. The molecule has 0 radical (unpaired) electrons. The Bertz CT molecular complexity index is 1440. The first-order valence-electron chi connectivity index (χ1n) is 12.1. The van der Waals surface area contributed by atoms with Crippen LogP contribution in [0, 0.1) is 13.8 Å². The van der Waals surface area contributed by atoms with Crippen molar-refractivity contribution in [3.8, 4) is 0 Å². The Balaban J connectivity index is 1.67. The maximum absolute atomic E-state index is 13.7. The van der Waals surface area contributed by atoms with Crippen molar-refractivity contribution in [1.82, 2.24) is 9.29 Å². The molecule has 1 amide bonds. The number of aromatic nitrogens is 1. The first kappa shape index (κ1) is 26.1. The lowest BCUT2D eigenvalue weighted by atomic mass is 10.1. The normalized spacial score (nSPS) is 11.9. The molecule has 0 bridgehead atoms. The molecule has 0 spiro atoms. The van der Waals surface area contributed by atoms with Crippen LogP contribution in [-0.4, -0.2) is 36.7 Å². The van der Waals surface area contributed by atoms with Gasteiger partial charge in [-0.2, -0.15) is 4.31 Å². The predicted molar refractivity (Wildman–Crippen MR) is 144 cm³/mol. The number of benzene rings is 2. The van der Waals surface area contributed by atoms with Crippen LogP contribution < -0.4 is 4.90 Å². The summed E-state index contributed by atoms with van der Waals surface area (Å²) in [4.78, 5) is 20.2. The molecule has 0 saturated carbocycles. The zero-order valence-electron chi connectivity index (χ0n) is 21.0. The van der Waals surface area contributed by atoms with Gasteiger partial charge in [0.1, 0.15) is 5.76 Å². The van der Waals surface area contributed by atoms with Crippen LogP contribution in [-0.2, 0) is 16.6 Å². The summed E-state index contributed by atoms with van der Waals surface area (Å²) in [7, 11) is -3.62. The lowest BCUT2D eigenvalue weighted by molar-refractivity contribution is 0.0983. The third-order valence-electron chi connectivity index (χ3n) is 6.03. The van der Waals surface area contributed by atoms with E-state index in [1.165, 1.54) is 27.8 Å². The Labute approximate surface area is 216 Å². The number of thiazole rings is 1. The summed E-state index contributed by atoms with van der Waals surface area (Å²) in [5, 5.41) is 0.563. The van der Waals surface area contributed by atoms with Gasteiger partial charge in [-0.15, -0.1) is 0 Å². The number of carbonyl (C=O) groups is 1. The van der Waals surface area contributed by atoms with Crippen LogP contribution in [0.3, 0.4) is 0 Å². The number of aryl methyl sites for hydroxylation is 2. The van der Waals surface area contributed by atoms with Gasteiger partial charge in [0, 0.05) is 18.7 Å². The molecule has 0 fully saturated rings. The number of hydrogen-bond acceptors (Lipinski definition) is 6. The highest BCUT2D eigenvalue weighted by molar-refractivity contribution is 7.89. The second-order valence-corrected chi connectivity index (χ2v) is 11.7. The molecule has 0 atom stereocenters. The largest absolute Gasteiger partial charge is 0.467 e. The van der Waals surface area contributed by atoms with Gasteiger partial charge in [0.2, 0.25) is 10.0 Å². The molecule has 0 saturated heterocycles. The molecular formula is C27H31N3O4S2. The quantitative estimate of drug-likeness (QED) is 0.247. The van der Waals surface area contributed by atoms with Gasteiger partial charge < -0.3 is 4.42 Å². The van der Waals surface area contributed by atoms with Crippen LogP contribution >= 0.6 is 11.3 Å². The van der Waals surface area contributed by atoms with Gasteiger partial charge in [-0.25, -0.2) is 13.4 Å². The third kappa shape index (κ3) is 5.38. The standard InChI is InChI=1S/C27H31N3O4S2/c1-5-7-14-29(6-2)36(32,33)23-12-10-21(11-13-23)26(31)30(18-22-9-8-15-34-22)27-28-24-17-19(3)16-20(4)25(24)35-27/h8-13,15-17H,5-7,14,18H2,1-4H3. The van der Waals surface area contributed by atoms with Crippen molar-refractivity contribution in [1.29, 1.82) is 0 Å². The lowest BCUT2D eigenvalue weighted by Crippen LogP contribution is -2.32. The molecular weight excluding hydrogens is 494 g/mol. The Morgan fingerprint density at radius 1 is 1.08 bits per heavy atom. The van der Waals surface area contributed by atoms with Crippen molar-refractivity contribution in [2.24, 2.45) is 0 Å². The number of rotatable bonds is 10. The molecule has 0 unspecified atom stereocenters. The SMILES string of the molecule is CCCCN(CC)S(=O)(=O)c1ccc(C(=O)N(Cc2ccco2)c2nc3cc(C)cc(C)c3s2)cc1. The highest BCUT2D eigenvalue weighted by atomic mass is 32.2. The summed E-state index contributed by atoms with van der Waals surface area (Å²) < 4.78 is 34.2. The van der Waals surface area contributed by atoms with Crippen LogP contribution in [0.5, 0.6) is 0 Å².